The van der Waals surface area contributed by atoms with Gasteiger partial charge in [-0.15, -0.1) is 0 Å². The van der Waals surface area contributed by atoms with Crippen LogP contribution in [0.5, 0.6) is 0 Å². The van der Waals surface area contributed by atoms with Crippen LogP contribution in [0, 0.1) is 0 Å². The molecule has 3 heterocycles. The molecule has 0 aliphatic carbocycles. The summed E-state index contributed by atoms with van der Waals surface area (Å²) in [7, 11) is 1.71. The number of benzene rings is 1. The minimum Gasteiger partial charge on any atom is -0.475 e. The molecular formula is C19H20F5N5O4. The van der Waals surface area contributed by atoms with E-state index in [0.29, 0.717) is 35.2 Å². The van der Waals surface area contributed by atoms with Crippen molar-refractivity contribution < 1.29 is 41.4 Å². The zero-order valence-electron chi connectivity index (χ0n) is 17.2. The number of aromatic nitrogens is 2. The van der Waals surface area contributed by atoms with E-state index < -0.39 is 30.0 Å². The fraction of sp³-hybridized carbons (Fsp3) is 0.474. The summed E-state index contributed by atoms with van der Waals surface area (Å²) >= 11 is 0. The van der Waals surface area contributed by atoms with Crippen LogP contribution < -0.4 is 15.5 Å². The van der Waals surface area contributed by atoms with Gasteiger partial charge in [0.15, 0.2) is 5.82 Å². The van der Waals surface area contributed by atoms with Gasteiger partial charge in [0.25, 0.3) is 5.92 Å². The highest BCUT2D eigenvalue weighted by Crippen LogP contribution is 2.39. The predicted molar refractivity (Wildman–Crippen MR) is 105 cm³/mol. The average molecular weight is 477 g/mol. The number of rotatable bonds is 2. The van der Waals surface area contributed by atoms with E-state index in [4.69, 9.17) is 9.90 Å². The molecule has 180 valence electrons. The molecule has 0 spiro atoms. The van der Waals surface area contributed by atoms with Gasteiger partial charge in [0.05, 0.1) is 18.0 Å². The van der Waals surface area contributed by atoms with Crippen LogP contribution in [0.3, 0.4) is 0 Å². The number of carboxylic acids is 1. The summed E-state index contributed by atoms with van der Waals surface area (Å²) in [6, 6.07) is 4.62. The van der Waals surface area contributed by atoms with Crippen LogP contribution in [-0.2, 0) is 16.6 Å². The lowest BCUT2D eigenvalue weighted by molar-refractivity contribution is -0.192. The number of nitrogens with zero attached hydrogens (tertiary/aromatic N) is 3. The molecule has 1 unspecified atom stereocenters. The lowest BCUT2D eigenvalue weighted by Gasteiger charge is -2.32. The van der Waals surface area contributed by atoms with Crippen LogP contribution in [-0.4, -0.2) is 64.5 Å². The van der Waals surface area contributed by atoms with E-state index >= 15 is 0 Å². The zero-order chi connectivity index (χ0) is 24.6. The van der Waals surface area contributed by atoms with E-state index in [1.165, 1.54) is 4.90 Å². The Morgan fingerprint density at radius 2 is 1.94 bits per heavy atom. The molecule has 1 atom stereocenters. The van der Waals surface area contributed by atoms with E-state index in [2.05, 4.69) is 15.7 Å². The monoisotopic (exact) mass is 477 g/mol. The summed E-state index contributed by atoms with van der Waals surface area (Å²) < 4.78 is 61.8. The minimum atomic E-state index is -5.08. The number of amides is 3. The lowest BCUT2D eigenvalue weighted by atomic mass is 9.86. The maximum Gasteiger partial charge on any atom is 0.490 e. The van der Waals surface area contributed by atoms with Crippen molar-refractivity contribution in [3.05, 3.63) is 23.8 Å². The third-order valence-electron chi connectivity index (χ3n) is 5.29. The highest BCUT2D eigenvalue weighted by atomic mass is 19.4. The molecule has 14 heteroatoms. The Kier molecular flexibility index (Phi) is 6.58. The molecule has 2 aliphatic rings. The Hall–Kier alpha value is -3.29. The van der Waals surface area contributed by atoms with Gasteiger partial charge in [0.1, 0.15) is 0 Å². The number of imide groups is 1. The fourth-order valence-corrected chi connectivity index (χ4v) is 3.68. The van der Waals surface area contributed by atoms with Crippen molar-refractivity contribution in [2.24, 2.45) is 7.05 Å². The number of alkyl halides is 5. The summed E-state index contributed by atoms with van der Waals surface area (Å²) in [5, 5.41) is 17.2. The third-order valence-corrected chi connectivity index (χ3v) is 5.29. The van der Waals surface area contributed by atoms with Crippen molar-refractivity contribution in [1.29, 1.82) is 0 Å². The van der Waals surface area contributed by atoms with Gasteiger partial charge >= 0.3 is 18.2 Å². The molecule has 0 bridgehead atoms. The van der Waals surface area contributed by atoms with Crippen molar-refractivity contribution in [3.8, 4) is 0 Å². The molecule has 2 aliphatic heterocycles. The van der Waals surface area contributed by atoms with Crippen LogP contribution in [0.4, 0.5) is 32.6 Å². The number of hydrogen-bond donors (Lipinski definition) is 3. The fourth-order valence-electron chi connectivity index (χ4n) is 3.68. The minimum absolute atomic E-state index is 0.198. The average Bonchev–Trinajstić information content (AvgIpc) is 3.03. The van der Waals surface area contributed by atoms with Crippen LogP contribution in [0.15, 0.2) is 18.2 Å². The van der Waals surface area contributed by atoms with Gasteiger partial charge in [-0.1, -0.05) is 6.07 Å². The smallest absolute Gasteiger partial charge is 0.475 e. The van der Waals surface area contributed by atoms with Crippen LogP contribution in [0.25, 0.3) is 10.9 Å². The first kappa shape index (κ1) is 24.4. The Balaban J connectivity index is 0.000000383. The number of carbonyl (C=O) groups excluding carboxylic acids is 2. The highest BCUT2D eigenvalue weighted by molar-refractivity contribution is 6.08. The van der Waals surface area contributed by atoms with Crippen LogP contribution in [0.1, 0.15) is 24.3 Å². The topological polar surface area (TPSA) is 117 Å². The number of urea groups is 1. The zero-order valence-corrected chi connectivity index (χ0v) is 17.2. The largest absolute Gasteiger partial charge is 0.490 e. The molecule has 0 saturated carbocycles. The number of piperidine rings is 1. The number of halogens is 5. The summed E-state index contributed by atoms with van der Waals surface area (Å²) in [6.07, 6.45) is -4.52. The summed E-state index contributed by atoms with van der Waals surface area (Å²) in [5.41, 5.74) is 1.24. The molecule has 1 aromatic heterocycles. The van der Waals surface area contributed by atoms with Crippen LogP contribution >= 0.6 is 0 Å². The first-order valence-electron chi connectivity index (χ1n) is 9.78. The second-order valence-corrected chi connectivity index (χ2v) is 7.56. The second kappa shape index (κ2) is 8.92. The number of carboxylic acid groups (broad SMARTS) is 1. The number of nitrogens with one attached hydrogen (secondary N) is 2. The molecule has 0 radical (unpaired) electrons. The summed E-state index contributed by atoms with van der Waals surface area (Å²) in [5.74, 6) is -6.30. The standard InChI is InChI=1S/C17H19F2N5O2.C2HF3O2/c1-23-13-8-10(12-4-6-20-9-17(12,18)19)2-3-11(13)15(22-23)24-7-5-14(25)21-16(24)26;3-2(4,5)1(6)7/h2-3,8,12,20H,4-7,9H2,1H3,(H,21,25,26);(H,6,7). The Morgan fingerprint density at radius 1 is 1.27 bits per heavy atom. The number of hydrogen-bond acceptors (Lipinski definition) is 5. The quantitative estimate of drug-likeness (QED) is 0.572. The SMILES string of the molecule is Cn1nc(N2CCC(=O)NC2=O)c2ccc(C3CCNCC3(F)F)cc21.O=C(O)C(F)(F)F. The van der Waals surface area contributed by atoms with E-state index in [1.54, 1.807) is 29.9 Å². The van der Waals surface area contributed by atoms with Gasteiger partial charge in [-0.25, -0.2) is 18.4 Å². The van der Waals surface area contributed by atoms with Crippen molar-refractivity contribution in [3.63, 3.8) is 0 Å². The van der Waals surface area contributed by atoms with Gasteiger partial charge in [-0.2, -0.15) is 18.3 Å². The Morgan fingerprint density at radius 3 is 2.52 bits per heavy atom. The Labute approximate surface area is 183 Å². The highest BCUT2D eigenvalue weighted by Gasteiger charge is 2.42. The molecule has 3 amide bonds. The molecular weight excluding hydrogens is 457 g/mol. The Bertz CT molecular complexity index is 1080. The number of aliphatic carboxylic acids is 1. The second-order valence-electron chi connectivity index (χ2n) is 7.56. The van der Waals surface area contributed by atoms with Gasteiger partial charge in [0, 0.05) is 25.4 Å². The molecule has 1 aromatic carbocycles. The molecule has 3 N–H and O–H groups in total. The van der Waals surface area contributed by atoms with Gasteiger partial charge < -0.3 is 10.4 Å². The first-order chi connectivity index (χ1) is 15.3. The van der Waals surface area contributed by atoms with E-state index in [9.17, 15) is 31.5 Å². The van der Waals surface area contributed by atoms with E-state index in [1.807, 2.05) is 0 Å². The van der Waals surface area contributed by atoms with Crippen molar-refractivity contribution in [2.75, 3.05) is 24.5 Å². The van der Waals surface area contributed by atoms with Gasteiger partial charge in [-0.3, -0.25) is 19.7 Å². The number of aryl methyl sites for hydroxylation is 1. The number of carbonyl (C=O) groups is 3. The molecule has 9 nitrogen and oxygen atoms in total. The molecule has 33 heavy (non-hydrogen) atoms. The normalized spacial score (nSPS) is 20.8. The molecule has 2 aromatic rings. The third kappa shape index (κ3) is 5.21. The first-order valence-corrected chi connectivity index (χ1v) is 9.78. The van der Waals surface area contributed by atoms with Crippen LogP contribution in [0.2, 0.25) is 0 Å². The van der Waals surface area contributed by atoms with Crippen molar-refractivity contribution >= 4 is 34.6 Å². The maximum absolute atomic E-state index is 14.3. The number of fused-ring (bicyclic) bond motifs is 1. The van der Waals surface area contributed by atoms with Gasteiger partial charge in [0.2, 0.25) is 5.91 Å². The van der Waals surface area contributed by atoms with E-state index in [-0.39, 0.29) is 25.4 Å². The summed E-state index contributed by atoms with van der Waals surface area (Å²) in [4.78, 5) is 33.7. The maximum atomic E-state index is 14.3. The lowest BCUT2D eigenvalue weighted by Crippen LogP contribution is -2.49. The predicted octanol–water partition coefficient (Wildman–Crippen LogP) is 2.37. The number of anilines is 1. The molecule has 4 rings (SSSR count). The van der Waals surface area contributed by atoms with Gasteiger partial charge in [-0.05, 0) is 30.7 Å². The van der Waals surface area contributed by atoms with E-state index in [0.717, 1.165) is 0 Å². The van der Waals surface area contributed by atoms with Crippen molar-refractivity contribution in [1.82, 2.24) is 20.4 Å². The summed E-state index contributed by atoms with van der Waals surface area (Å²) in [6.45, 7) is 0.468. The molecule has 2 fully saturated rings. The van der Waals surface area contributed by atoms with Crippen molar-refractivity contribution in [2.45, 2.75) is 30.9 Å². The molecule has 2 saturated heterocycles.